The lowest BCUT2D eigenvalue weighted by Gasteiger charge is -2.27. The van der Waals surface area contributed by atoms with Gasteiger partial charge in [0.1, 0.15) is 12.6 Å². The van der Waals surface area contributed by atoms with E-state index < -0.39 is 66.1 Å². The van der Waals surface area contributed by atoms with E-state index in [9.17, 15) is 38.4 Å². The molecule has 0 bridgehead atoms. The molecule has 48 heavy (non-hydrogen) atoms. The highest BCUT2D eigenvalue weighted by Gasteiger charge is 2.32. The molecule has 2 heterocycles. The number of hydrogen-bond acceptors (Lipinski definition) is 10. The third-order valence-corrected chi connectivity index (χ3v) is 6.68. The first kappa shape index (κ1) is 38.8. The molecule has 0 spiro atoms. The quantitative estimate of drug-likeness (QED) is 0.113. The minimum Gasteiger partial charge on any atom is -0.392 e. The van der Waals surface area contributed by atoms with Gasteiger partial charge in [-0.05, 0) is 30.0 Å². The van der Waals surface area contributed by atoms with Gasteiger partial charge in [-0.15, -0.1) is 0 Å². The molecule has 1 aromatic carbocycles. The lowest BCUT2D eigenvalue weighted by molar-refractivity contribution is -0.143. The third-order valence-electron chi connectivity index (χ3n) is 6.68. The Labute approximate surface area is 276 Å². The Balaban J connectivity index is 0.00000103. The van der Waals surface area contributed by atoms with Crippen LogP contribution in [0.5, 0.6) is 0 Å². The largest absolute Gasteiger partial charge is 0.392 e. The van der Waals surface area contributed by atoms with Crippen molar-refractivity contribution in [3.8, 4) is 0 Å². The van der Waals surface area contributed by atoms with Crippen LogP contribution in [-0.4, -0.2) is 107 Å². The maximum atomic E-state index is 12.8. The number of nitrogens with zero attached hydrogens (tertiary/aromatic N) is 2. The number of hydrogen-bond donors (Lipinski definition) is 6. The molecule has 9 amide bonds. The summed E-state index contributed by atoms with van der Waals surface area (Å²) in [5.41, 5.74) is 5.88. The summed E-state index contributed by atoms with van der Waals surface area (Å²) in [5, 5.41) is 19.1. The van der Waals surface area contributed by atoms with Gasteiger partial charge in [0.05, 0.1) is 32.3 Å². The van der Waals surface area contributed by atoms with Gasteiger partial charge in [0.15, 0.2) is 0 Å². The van der Waals surface area contributed by atoms with E-state index in [0.29, 0.717) is 17.8 Å². The van der Waals surface area contributed by atoms with Crippen LogP contribution in [0.3, 0.4) is 0 Å². The first-order valence-electron chi connectivity index (χ1n) is 15.0. The number of benzene rings is 1. The lowest BCUT2D eigenvalue weighted by Crippen LogP contribution is -2.52. The molecule has 17 nitrogen and oxygen atoms in total. The Morgan fingerprint density at radius 3 is 1.77 bits per heavy atom. The monoisotopic (exact) mass is 671 g/mol. The Kier molecular flexibility index (Phi) is 15.6. The summed E-state index contributed by atoms with van der Waals surface area (Å²) in [6.07, 6.45) is 4.13. The minimum absolute atomic E-state index is 0.136. The second kappa shape index (κ2) is 19.3. The number of urea groups is 1. The summed E-state index contributed by atoms with van der Waals surface area (Å²) >= 11 is 0. The molecule has 2 aliphatic heterocycles. The Hall–Kier alpha value is -5.42. The van der Waals surface area contributed by atoms with Crippen LogP contribution in [0.1, 0.15) is 32.8 Å². The molecule has 2 aliphatic rings. The fraction of sp³-hybridized carbons (Fsp3) is 0.419. The molecule has 1 atom stereocenters. The van der Waals surface area contributed by atoms with Gasteiger partial charge in [0.2, 0.25) is 17.7 Å². The van der Waals surface area contributed by atoms with E-state index in [1.165, 1.54) is 0 Å². The van der Waals surface area contributed by atoms with Crippen LogP contribution in [0.2, 0.25) is 0 Å². The number of nitrogens with two attached hydrogens (primary N) is 1. The molecule has 260 valence electrons. The number of imide groups is 2. The molecule has 0 saturated heterocycles. The molecule has 1 aromatic rings. The Morgan fingerprint density at radius 1 is 0.833 bits per heavy atom. The van der Waals surface area contributed by atoms with Crippen molar-refractivity contribution >= 4 is 53.1 Å². The van der Waals surface area contributed by atoms with Crippen molar-refractivity contribution in [1.29, 1.82) is 0 Å². The normalized spacial score (nSPS) is 14.3. The molecule has 0 fully saturated rings. The number of anilines is 1. The van der Waals surface area contributed by atoms with Crippen molar-refractivity contribution in [1.82, 2.24) is 25.8 Å². The average Bonchev–Trinajstić information content (AvgIpc) is 3.54. The van der Waals surface area contributed by atoms with E-state index >= 15 is 0 Å². The van der Waals surface area contributed by atoms with Gasteiger partial charge in [-0.2, -0.15) is 0 Å². The smallest absolute Gasteiger partial charge is 0.312 e. The fourth-order valence-corrected chi connectivity index (χ4v) is 4.16. The second-order valence-electron chi connectivity index (χ2n) is 10.9. The van der Waals surface area contributed by atoms with Crippen molar-refractivity contribution < 1.29 is 48.2 Å². The number of aliphatic hydroxyl groups is 1. The van der Waals surface area contributed by atoms with Crippen molar-refractivity contribution in [3.05, 3.63) is 54.1 Å². The van der Waals surface area contributed by atoms with Gasteiger partial charge in [-0.3, -0.25) is 43.4 Å². The van der Waals surface area contributed by atoms with Gasteiger partial charge in [0.25, 0.3) is 23.6 Å². The zero-order valence-electron chi connectivity index (χ0n) is 26.9. The van der Waals surface area contributed by atoms with E-state index in [4.69, 9.17) is 15.6 Å². The van der Waals surface area contributed by atoms with Crippen molar-refractivity contribution in [2.75, 3.05) is 38.1 Å². The summed E-state index contributed by atoms with van der Waals surface area (Å²) in [6, 6.07) is 5.02. The first-order chi connectivity index (χ1) is 22.7. The van der Waals surface area contributed by atoms with Crippen LogP contribution in [0.4, 0.5) is 10.5 Å². The van der Waals surface area contributed by atoms with Crippen molar-refractivity contribution in [3.63, 3.8) is 0 Å². The average molecular weight is 672 g/mol. The highest BCUT2D eigenvalue weighted by atomic mass is 16.5. The molecular weight excluding hydrogens is 630 g/mol. The summed E-state index contributed by atoms with van der Waals surface area (Å²) in [7, 11) is 0. The van der Waals surface area contributed by atoms with E-state index in [-0.39, 0.29) is 32.2 Å². The van der Waals surface area contributed by atoms with Crippen LogP contribution in [-0.2, 0) is 44.9 Å². The Morgan fingerprint density at radius 2 is 1.35 bits per heavy atom. The number of carbonyl (C=O) groups is 8. The SMILES string of the molecule is CC(C)C(NC(=O)COC(CN1C(=O)C=CC1=O)CN1C(=O)C=CC1=O)C(=O)NCC(=O)Nc1ccc(CO)cc1.CCCNC(N)=O. The summed E-state index contributed by atoms with van der Waals surface area (Å²) in [4.78, 5) is 97.3. The number of rotatable bonds is 16. The zero-order chi connectivity index (χ0) is 35.8. The molecule has 7 N–H and O–H groups in total. The molecule has 3 rings (SSSR count). The number of amides is 9. The van der Waals surface area contributed by atoms with Crippen LogP contribution in [0, 0.1) is 5.92 Å². The minimum atomic E-state index is -1.08. The number of ether oxygens (including phenoxy) is 1. The zero-order valence-corrected chi connectivity index (χ0v) is 26.9. The number of carbonyl (C=O) groups excluding carboxylic acids is 8. The van der Waals surface area contributed by atoms with Gasteiger partial charge in [-0.1, -0.05) is 32.9 Å². The topological polar surface area (TPSA) is 247 Å². The molecule has 1 unspecified atom stereocenters. The first-order valence-corrected chi connectivity index (χ1v) is 15.0. The summed E-state index contributed by atoms with van der Waals surface area (Å²) in [5.74, 6) is -4.63. The predicted molar refractivity (Wildman–Crippen MR) is 170 cm³/mol. The lowest BCUT2D eigenvalue weighted by atomic mass is 10.0. The maximum absolute atomic E-state index is 12.8. The second-order valence-corrected chi connectivity index (χ2v) is 10.9. The fourth-order valence-electron chi connectivity index (χ4n) is 4.16. The number of nitrogens with one attached hydrogen (secondary N) is 4. The van der Waals surface area contributed by atoms with E-state index in [2.05, 4.69) is 21.3 Å². The van der Waals surface area contributed by atoms with Crippen molar-refractivity contribution in [2.45, 2.75) is 45.9 Å². The molecule has 17 heteroatoms. The molecule has 0 aromatic heterocycles. The standard InChI is InChI=1S/C27H31N5O9.C4H10N2O/c1-16(2)26(27(40)28-11-20(34)29-18-5-3-17(14-33)4-6-18)30-21(35)15-41-19(12-31-22(36)7-8-23(31)37)13-32-24(38)9-10-25(32)39;1-2-3-6-4(5)7/h3-10,16,19,26,33H,11-15H2,1-2H3,(H,28,40)(H,29,34)(H,30,35);2-3H2,1H3,(H3,5,6,7). The Bertz CT molecular complexity index is 1340. The van der Waals surface area contributed by atoms with Crippen LogP contribution < -0.4 is 27.0 Å². The summed E-state index contributed by atoms with van der Waals surface area (Å²) < 4.78 is 5.59. The maximum Gasteiger partial charge on any atom is 0.312 e. The van der Waals surface area contributed by atoms with E-state index in [1.54, 1.807) is 38.1 Å². The van der Waals surface area contributed by atoms with Crippen LogP contribution >= 0.6 is 0 Å². The van der Waals surface area contributed by atoms with Gasteiger partial charge >= 0.3 is 6.03 Å². The van der Waals surface area contributed by atoms with Gasteiger partial charge in [0, 0.05) is 36.5 Å². The molecule has 0 aliphatic carbocycles. The number of primary amides is 1. The van der Waals surface area contributed by atoms with Crippen LogP contribution in [0.25, 0.3) is 0 Å². The highest BCUT2D eigenvalue weighted by molar-refractivity contribution is 6.13. The molecular formula is C31H41N7O10. The van der Waals surface area contributed by atoms with E-state index in [0.717, 1.165) is 40.5 Å². The molecule has 0 saturated carbocycles. The predicted octanol–water partition coefficient (Wildman–Crippen LogP) is -1.33. The summed E-state index contributed by atoms with van der Waals surface area (Å²) in [6.45, 7) is 4.27. The van der Waals surface area contributed by atoms with E-state index in [1.807, 2.05) is 6.92 Å². The molecule has 0 radical (unpaired) electrons. The van der Waals surface area contributed by atoms with Crippen LogP contribution in [0.15, 0.2) is 48.6 Å². The highest BCUT2D eigenvalue weighted by Crippen LogP contribution is 2.12. The van der Waals surface area contributed by atoms with Gasteiger partial charge in [-0.25, -0.2) is 4.79 Å². The number of aliphatic hydroxyl groups excluding tert-OH is 1. The third kappa shape index (κ3) is 12.8. The van der Waals surface area contributed by atoms with Crippen molar-refractivity contribution in [2.24, 2.45) is 11.7 Å². The van der Waals surface area contributed by atoms with Gasteiger partial charge < -0.3 is 36.8 Å².